The van der Waals surface area contributed by atoms with E-state index in [-0.39, 0.29) is 5.91 Å². The average molecular weight is 415 g/mol. The van der Waals surface area contributed by atoms with E-state index in [1.807, 2.05) is 38.1 Å². The molecule has 1 fully saturated rings. The number of hydrogen-bond acceptors (Lipinski definition) is 3. The van der Waals surface area contributed by atoms with Gasteiger partial charge in [-0.05, 0) is 68.4 Å². The molecule has 1 amide bonds. The minimum Gasteiger partial charge on any atom is -0.338 e. The number of halogens is 1. The standard InChI is InChI=1S/C24H31FN2OS/c1-19-10-11-22(17-20(19)2)23(28)27-15-12-24(25,13-16-27)18-29-26-14-6-9-21-7-4-3-5-8-21/h3-5,7-8,10-11,17,26H,6,9,12-16,18H2,1-2H3. The van der Waals surface area contributed by atoms with Crippen LogP contribution in [0.1, 0.15) is 46.3 Å². The minimum absolute atomic E-state index is 0.0156. The quantitative estimate of drug-likeness (QED) is 0.481. The SMILES string of the molecule is Cc1ccc(C(=O)N2CCC(F)(CSNCCCc3ccccc3)CC2)cc1C. The smallest absolute Gasteiger partial charge is 0.253 e. The van der Waals surface area contributed by atoms with E-state index in [1.54, 1.807) is 4.90 Å². The fraction of sp³-hybridized carbons (Fsp3) is 0.458. The van der Waals surface area contributed by atoms with E-state index in [1.165, 1.54) is 23.1 Å². The summed E-state index contributed by atoms with van der Waals surface area (Å²) in [6, 6.07) is 16.2. The molecule has 0 atom stereocenters. The summed E-state index contributed by atoms with van der Waals surface area (Å²) in [6.07, 6.45) is 2.88. The van der Waals surface area contributed by atoms with E-state index in [0.29, 0.717) is 37.2 Å². The van der Waals surface area contributed by atoms with Gasteiger partial charge >= 0.3 is 0 Å². The van der Waals surface area contributed by atoms with Gasteiger partial charge in [0.25, 0.3) is 5.91 Å². The number of alkyl halides is 1. The Bertz CT molecular complexity index is 804. The van der Waals surface area contributed by atoms with Crippen molar-refractivity contribution in [1.29, 1.82) is 0 Å². The van der Waals surface area contributed by atoms with Gasteiger partial charge < -0.3 is 4.90 Å². The molecule has 0 spiro atoms. The molecule has 0 aliphatic carbocycles. The van der Waals surface area contributed by atoms with Crippen LogP contribution >= 0.6 is 11.9 Å². The molecule has 5 heteroatoms. The highest BCUT2D eigenvalue weighted by molar-refractivity contribution is 7.97. The molecule has 1 saturated heterocycles. The molecule has 156 valence electrons. The molecule has 0 aromatic heterocycles. The first-order valence-corrected chi connectivity index (χ1v) is 11.4. The van der Waals surface area contributed by atoms with Crippen LogP contribution in [0.25, 0.3) is 0 Å². The Labute approximate surface area is 178 Å². The van der Waals surface area contributed by atoms with Crippen LogP contribution in [-0.4, -0.2) is 41.9 Å². The molecule has 1 N–H and O–H groups in total. The van der Waals surface area contributed by atoms with Crippen molar-refractivity contribution in [3.63, 3.8) is 0 Å². The highest BCUT2D eigenvalue weighted by Crippen LogP contribution is 2.30. The number of aryl methyl sites for hydroxylation is 3. The molecule has 0 bridgehead atoms. The topological polar surface area (TPSA) is 32.3 Å². The fourth-order valence-electron chi connectivity index (χ4n) is 3.57. The van der Waals surface area contributed by atoms with Gasteiger partial charge in [-0.3, -0.25) is 9.52 Å². The zero-order valence-corrected chi connectivity index (χ0v) is 18.2. The molecule has 3 nitrogen and oxygen atoms in total. The van der Waals surface area contributed by atoms with Crippen molar-refractivity contribution in [2.75, 3.05) is 25.4 Å². The first kappa shape index (κ1) is 21.8. The maximum atomic E-state index is 15.1. The van der Waals surface area contributed by atoms with Crippen LogP contribution in [0.15, 0.2) is 48.5 Å². The average Bonchev–Trinajstić information content (AvgIpc) is 2.73. The molecule has 2 aromatic carbocycles. The van der Waals surface area contributed by atoms with Gasteiger partial charge in [0.05, 0.1) is 0 Å². The molecule has 3 rings (SSSR count). The molecule has 0 unspecified atom stereocenters. The lowest BCUT2D eigenvalue weighted by Gasteiger charge is -2.36. The molecular weight excluding hydrogens is 383 g/mol. The maximum absolute atomic E-state index is 15.1. The van der Waals surface area contributed by atoms with Crippen molar-refractivity contribution in [1.82, 2.24) is 9.62 Å². The Morgan fingerprint density at radius 2 is 1.83 bits per heavy atom. The van der Waals surface area contributed by atoms with Crippen LogP contribution in [0.3, 0.4) is 0 Å². The predicted molar refractivity (Wildman–Crippen MR) is 120 cm³/mol. The summed E-state index contributed by atoms with van der Waals surface area (Å²) in [5, 5.41) is 0. The Morgan fingerprint density at radius 1 is 1.10 bits per heavy atom. The number of nitrogens with one attached hydrogen (secondary N) is 1. The molecule has 2 aromatic rings. The van der Waals surface area contributed by atoms with Crippen molar-refractivity contribution < 1.29 is 9.18 Å². The molecule has 1 aliphatic rings. The van der Waals surface area contributed by atoms with Gasteiger partial charge in [0.1, 0.15) is 5.67 Å². The maximum Gasteiger partial charge on any atom is 0.253 e. The summed E-state index contributed by atoms with van der Waals surface area (Å²) >= 11 is 1.47. The number of carbonyl (C=O) groups excluding carboxylic acids is 1. The van der Waals surface area contributed by atoms with Gasteiger partial charge in [0, 0.05) is 31.0 Å². The number of likely N-dealkylation sites (tertiary alicyclic amines) is 1. The highest BCUT2D eigenvalue weighted by atomic mass is 32.2. The Kier molecular flexibility index (Phi) is 7.73. The monoisotopic (exact) mass is 414 g/mol. The van der Waals surface area contributed by atoms with Gasteiger partial charge in [-0.1, -0.05) is 48.3 Å². The zero-order chi connectivity index (χ0) is 20.7. The number of benzene rings is 2. The summed E-state index contributed by atoms with van der Waals surface area (Å²) in [7, 11) is 0. The third kappa shape index (κ3) is 6.31. The van der Waals surface area contributed by atoms with Crippen molar-refractivity contribution in [3.8, 4) is 0 Å². The number of nitrogens with zero attached hydrogens (tertiary/aromatic N) is 1. The Balaban J connectivity index is 1.36. The molecule has 1 aliphatic heterocycles. The van der Waals surface area contributed by atoms with Crippen LogP contribution in [0.2, 0.25) is 0 Å². The van der Waals surface area contributed by atoms with Crippen LogP contribution in [-0.2, 0) is 6.42 Å². The summed E-state index contributed by atoms with van der Waals surface area (Å²) in [4.78, 5) is 14.5. The van der Waals surface area contributed by atoms with Gasteiger partial charge in [0.15, 0.2) is 0 Å². The number of hydrogen-bond donors (Lipinski definition) is 1. The second-order valence-electron chi connectivity index (χ2n) is 8.01. The van der Waals surface area contributed by atoms with Crippen LogP contribution in [0.5, 0.6) is 0 Å². The lowest BCUT2D eigenvalue weighted by molar-refractivity contribution is 0.0517. The van der Waals surface area contributed by atoms with E-state index in [9.17, 15) is 4.79 Å². The van der Waals surface area contributed by atoms with Gasteiger partial charge in [-0.2, -0.15) is 0 Å². The second kappa shape index (κ2) is 10.3. The van der Waals surface area contributed by atoms with Gasteiger partial charge in [0.2, 0.25) is 0 Å². The summed E-state index contributed by atoms with van der Waals surface area (Å²) in [5.41, 5.74) is 3.13. The highest BCUT2D eigenvalue weighted by Gasteiger charge is 2.36. The van der Waals surface area contributed by atoms with Crippen molar-refractivity contribution in [2.45, 2.75) is 45.2 Å². The predicted octanol–water partition coefficient (Wildman–Crippen LogP) is 5.12. The lowest BCUT2D eigenvalue weighted by atomic mass is 9.94. The first-order chi connectivity index (χ1) is 14.0. The van der Waals surface area contributed by atoms with E-state index < -0.39 is 5.67 Å². The Hall–Kier alpha value is -1.85. The van der Waals surface area contributed by atoms with Crippen molar-refractivity contribution >= 4 is 17.9 Å². The summed E-state index contributed by atoms with van der Waals surface area (Å²) < 4.78 is 18.4. The third-order valence-electron chi connectivity index (χ3n) is 5.72. The zero-order valence-electron chi connectivity index (χ0n) is 17.4. The molecule has 1 heterocycles. The van der Waals surface area contributed by atoms with Gasteiger partial charge in [-0.25, -0.2) is 4.39 Å². The second-order valence-corrected chi connectivity index (χ2v) is 8.88. The van der Waals surface area contributed by atoms with Crippen LogP contribution < -0.4 is 4.72 Å². The van der Waals surface area contributed by atoms with Crippen molar-refractivity contribution in [3.05, 3.63) is 70.8 Å². The number of carbonyl (C=O) groups is 1. The normalized spacial score (nSPS) is 16.0. The lowest BCUT2D eigenvalue weighted by Crippen LogP contribution is -2.46. The number of rotatable bonds is 8. The van der Waals surface area contributed by atoms with E-state index in [4.69, 9.17) is 0 Å². The first-order valence-electron chi connectivity index (χ1n) is 10.4. The summed E-state index contributed by atoms with van der Waals surface area (Å²) in [6.45, 7) is 5.88. The summed E-state index contributed by atoms with van der Waals surface area (Å²) in [5.74, 6) is 0.450. The van der Waals surface area contributed by atoms with E-state index in [0.717, 1.165) is 24.9 Å². The Morgan fingerprint density at radius 3 is 2.52 bits per heavy atom. The minimum atomic E-state index is -1.20. The third-order valence-corrected chi connectivity index (χ3v) is 6.79. The van der Waals surface area contributed by atoms with Crippen molar-refractivity contribution in [2.24, 2.45) is 0 Å². The van der Waals surface area contributed by atoms with Crippen LogP contribution in [0, 0.1) is 13.8 Å². The number of piperidine rings is 1. The van der Waals surface area contributed by atoms with Gasteiger partial charge in [-0.15, -0.1) is 0 Å². The molecule has 29 heavy (non-hydrogen) atoms. The van der Waals surface area contributed by atoms with Crippen LogP contribution in [0.4, 0.5) is 4.39 Å². The fourth-order valence-corrected chi connectivity index (χ4v) is 4.51. The molecular formula is C24H31FN2OS. The van der Waals surface area contributed by atoms with E-state index >= 15 is 4.39 Å². The molecule has 0 saturated carbocycles. The number of amides is 1. The molecule has 0 radical (unpaired) electrons. The van der Waals surface area contributed by atoms with E-state index in [2.05, 4.69) is 29.0 Å². The largest absolute Gasteiger partial charge is 0.338 e.